The lowest BCUT2D eigenvalue weighted by molar-refractivity contribution is -0.390. The molecular weight excluding hydrogens is 444 g/mol. The molecule has 1 N–H and O–H groups in total. The van der Waals surface area contributed by atoms with Gasteiger partial charge in [-0.15, -0.1) is 0 Å². The van der Waals surface area contributed by atoms with Crippen molar-refractivity contribution < 1.29 is 24.4 Å². The number of ether oxygens (including phenoxy) is 1. The van der Waals surface area contributed by atoms with E-state index in [0.29, 0.717) is 6.04 Å². The first-order valence-corrected chi connectivity index (χ1v) is 13.7. The number of rotatable bonds is 10. The molecule has 1 atom stereocenters. The molecule has 0 aliphatic carbocycles. The maximum Gasteiger partial charge on any atom is 0.341 e. The molecule has 0 aliphatic heterocycles. The molecule has 0 saturated heterocycles. The molecule has 0 aliphatic rings. The minimum absolute atomic E-state index is 0.107. The Morgan fingerprint density at radius 1 is 0.735 bits per heavy atom. The van der Waals surface area contributed by atoms with Crippen LogP contribution in [0, 0.1) is 0 Å². The highest BCUT2D eigenvalue weighted by atomic mass is 28.3. The zero-order valence-electron chi connectivity index (χ0n) is 20.4. The summed E-state index contributed by atoms with van der Waals surface area (Å²) in [6, 6.07) is 31.2. The van der Waals surface area contributed by atoms with Crippen molar-refractivity contribution in [3.05, 3.63) is 91.0 Å². The van der Waals surface area contributed by atoms with Crippen LogP contribution in [-0.2, 0) is 19.3 Å². The molecule has 0 heterocycles. The molecule has 3 aromatic rings. The van der Waals surface area contributed by atoms with Gasteiger partial charge in [0.2, 0.25) is 0 Å². The van der Waals surface area contributed by atoms with E-state index in [4.69, 9.17) is 14.5 Å². The number of esters is 1. The van der Waals surface area contributed by atoms with Crippen molar-refractivity contribution in [2.24, 2.45) is 0 Å². The second-order valence-corrected chi connectivity index (χ2v) is 13.4. The maximum atomic E-state index is 13.4. The first kappa shape index (κ1) is 25.8. The van der Waals surface area contributed by atoms with E-state index in [1.165, 1.54) is 0 Å². The van der Waals surface area contributed by atoms with Crippen LogP contribution in [0.4, 0.5) is 0 Å². The standard InChI is InChI=1S/C28H34O5Si/c1-27(2,3)32-33-28(4,26(30)31-21-20-29)22-34(23-14-8-5-9-15-23,24-16-10-6-11-17-24)25-18-12-7-13-19-25/h5-19,29H,20-22H2,1-4H3. The third-order valence-electron chi connectivity index (χ3n) is 5.63. The van der Waals surface area contributed by atoms with Crippen LogP contribution in [0.3, 0.4) is 0 Å². The monoisotopic (exact) mass is 478 g/mol. The van der Waals surface area contributed by atoms with Gasteiger partial charge < -0.3 is 9.84 Å². The van der Waals surface area contributed by atoms with Gasteiger partial charge in [0.1, 0.15) is 6.61 Å². The predicted molar refractivity (Wildman–Crippen MR) is 137 cm³/mol. The van der Waals surface area contributed by atoms with Crippen molar-refractivity contribution in [1.82, 2.24) is 0 Å². The normalized spacial score (nSPS) is 13.8. The van der Waals surface area contributed by atoms with E-state index in [0.717, 1.165) is 15.6 Å². The van der Waals surface area contributed by atoms with E-state index < -0.39 is 25.2 Å². The van der Waals surface area contributed by atoms with Gasteiger partial charge in [0.15, 0.2) is 13.7 Å². The molecule has 0 bridgehead atoms. The van der Waals surface area contributed by atoms with Crippen LogP contribution in [0.15, 0.2) is 91.0 Å². The number of hydrogen-bond acceptors (Lipinski definition) is 5. The Labute approximate surface area is 203 Å². The Hall–Kier alpha value is -2.77. The molecule has 3 aromatic carbocycles. The van der Waals surface area contributed by atoms with E-state index >= 15 is 0 Å². The summed E-state index contributed by atoms with van der Waals surface area (Å²) in [6.45, 7) is 6.94. The molecule has 0 amide bonds. The van der Waals surface area contributed by atoms with Crippen LogP contribution in [0.2, 0.25) is 6.04 Å². The number of carbonyl (C=O) groups excluding carboxylic acids is 1. The third kappa shape index (κ3) is 6.01. The van der Waals surface area contributed by atoms with Gasteiger partial charge in [-0.3, -0.25) is 0 Å². The number of aliphatic hydroxyl groups is 1. The molecular formula is C28H34O5Si. The average molecular weight is 479 g/mol. The molecule has 34 heavy (non-hydrogen) atoms. The molecule has 0 spiro atoms. The lowest BCUT2D eigenvalue weighted by Crippen LogP contribution is -2.70. The largest absolute Gasteiger partial charge is 0.461 e. The molecule has 0 aromatic heterocycles. The lowest BCUT2D eigenvalue weighted by atomic mass is 10.1. The quantitative estimate of drug-likeness (QED) is 0.159. The summed E-state index contributed by atoms with van der Waals surface area (Å²) in [6.07, 6.45) is 0. The van der Waals surface area contributed by atoms with Gasteiger partial charge in [-0.25, -0.2) is 14.6 Å². The SMILES string of the molecule is CC(C)(C)OOC(C)(C[Si](c1ccccc1)(c1ccccc1)c1ccccc1)C(=O)OCCO. The zero-order valence-corrected chi connectivity index (χ0v) is 21.4. The molecule has 0 saturated carbocycles. The van der Waals surface area contributed by atoms with Gasteiger partial charge >= 0.3 is 5.97 Å². The summed E-state index contributed by atoms with van der Waals surface area (Å²) < 4.78 is 5.40. The highest BCUT2D eigenvalue weighted by molar-refractivity contribution is 7.11. The topological polar surface area (TPSA) is 65.0 Å². The Morgan fingerprint density at radius 3 is 1.50 bits per heavy atom. The van der Waals surface area contributed by atoms with Gasteiger partial charge in [-0.2, -0.15) is 0 Å². The van der Waals surface area contributed by atoms with Gasteiger partial charge in [0, 0.05) is 0 Å². The van der Waals surface area contributed by atoms with Crippen LogP contribution in [-0.4, -0.2) is 43.6 Å². The summed E-state index contributed by atoms with van der Waals surface area (Å²) >= 11 is 0. The molecule has 0 radical (unpaired) electrons. The Balaban J connectivity index is 2.24. The van der Waals surface area contributed by atoms with Crippen molar-refractivity contribution in [2.45, 2.75) is 44.9 Å². The zero-order chi connectivity index (χ0) is 24.7. The van der Waals surface area contributed by atoms with Crippen molar-refractivity contribution in [1.29, 1.82) is 0 Å². The fourth-order valence-corrected chi connectivity index (χ4v) is 9.24. The van der Waals surface area contributed by atoms with Gasteiger partial charge in [-0.1, -0.05) is 91.0 Å². The minimum atomic E-state index is -2.83. The van der Waals surface area contributed by atoms with Crippen molar-refractivity contribution >= 4 is 29.6 Å². The molecule has 180 valence electrons. The van der Waals surface area contributed by atoms with Crippen LogP contribution in [0.1, 0.15) is 27.7 Å². The van der Waals surface area contributed by atoms with Gasteiger partial charge in [0.05, 0.1) is 12.2 Å². The number of benzene rings is 3. The van der Waals surface area contributed by atoms with Crippen LogP contribution < -0.4 is 15.6 Å². The summed E-state index contributed by atoms with van der Waals surface area (Å²) in [4.78, 5) is 25.1. The van der Waals surface area contributed by atoms with Gasteiger partial charge in [0.25, 0.3) is 0 Å². The smallest absolute Gasteiger partial charge is 0.341 e. The minimum Gasteiger partial charge on any atom is -0.461 e. The lowest BCUT2D eigenvalue weighted by Gasteiger charge is -2.40. The van der Waals surface area contributed by atoms with Gasteiger partial charge in [-0.05, 0) is 49.3 Å². The Morgan fingerprint density at radius 2 is 1.15 bits per heavy atom. The second-order valence-electron chi connectivity index (χ2n) is 9.55. The molecule has 0 fully saturated rings. The highest BCUT2D eigenvalue weighted by Gasteiger charge is 2.51. The van der Waals surface area contributed by atoms with E-state index in [1.54, 1.807) is 6.92 Å². The van der Waals surface area contributed by atoms with E-state index in [2.05, 4.69) is 36.4 Å². The first-order chi connectivity index (χ1) is 16.2. The van der Waals surface area contributed by atoms with Crippen LogP contribution in [0.5, 0.6) is 0 Å². The fraction of sp³-hybridized carbons (Fsp3) is 0.321. The van der Waals surface area contributed by atoms with Crippen molar-refractivity contribution in [3.63, 3.8) is 0 Å². The summed E-state index contributed by atoms with van der Waals surface area (Å²) in [5, 5.41) is 12.7. The first-order valence-electron chi connectivity index (χ1n) is 11.5. The predicted octanol–water partition coefficient (Wildman–Crippen LogP) is 3.20. The second kappa shape index (κ2) is 11.1. The number of aliphatic hydroxyl groups excluding tert-OH is 1. The fourth-order valence-electron chi connectivity index (χ4n) is 4.12. The van der Waals surface area contributed by atoms with Crippen LogP contribution >= 0.6 is 0 Å². The summed E-state index contributed by atoms with van der Waals surface area (Å²) in [7, 11) is -2.83. The van der Waals surface area contributed by atoms with Crippen LogP contribution in [0.25, 0.3) is 0 Å². The van der Waals surface area contributed by atoms with E-state index in [-0.39, 0.29) is 13.2 Å². The molecule has 1 unspecified atom stereocenters. The number of carbonyl (C=O) groups is 1. The third-order valence-corrected chi connectivity index (χ3v) is 10.8. The highest BCUT2D eigenvalue weighted by Crippen LogP contribution is 2.29. The van der Waals surface area contributed by atoms with E-state index in [9.17, 15) is 9.90 Å². The number of hydrogen-bond donors (Lipinski definition) is 1. The Kier molecular flexibility index (Phi) is 8.44. The summed E-state index contributed by atoms with van der Waals surface area (Å²) in [5.41, 5.74) is -2.05. The molecule has 3 rings (SSSR count). The average Bonchev–Trinajstić information content (AvgIpc) is 2.86. The summed E-state index contributed by atoms with van der Waals surface area (Å²) in [5.74, 6) is -0.564. The van der Waals surface area contributed by atoms with Crippen molar-refractivity contribution in [3.8, 4) is 0 Å². The Bertz CT molecular complexity index is 938. The maximum absolute atomic E-state index is 13.4. The van der Waals surface area contributed by atoms with E-state index in [1.807, 2.05) is 75.4 Å². The molecule has 5 nitrogen and oxygen atoms in total. The van der Waals surface area contributed by atoms with Crippen molar-refractivity contribution in [2.75, 3.05) is 13.2 Å². The molecule has 6 heteroatoms.